The molecule has 6 heteroatoms. The fraction of sp³-hybridized carbons (Fsp3) is 0.300. The molecule has 0 spiro atoms. The van der Waals surface area contributed by atoms with Crippen LogP contribution in [0.25, 0.3) is 0 Å². The van der Waals surface area contributed by atoms with E-state index in [0.717, 1.165) is 0 Å². The maximum absolute atomic E-state index is 11.9. The Kier molecular flexibility index (Phi) is 2.82. The number of amidine groups is 1. The molecule has 1 aromatic carbocycles. The average Bonchev–Trinajstić information content (AvgIpc) is 2.70. The summed E-state index contributed by atoms with van der Waals surface area (Å²) in [6.45, 7) is 2.66. The standard InChI is InChI=1S/C10H12N2O3S/c1-8-4-2-3-5-9(8)16(13,14)12-10-11-6-7-15-10/h2-5H,6-7H2,1H3,(H,11,12). The highest BCUT2D eigenvalue weighted by atomic mass is 32.2. The van der Waals surface area contributed by atoms with Crippen LogP contribution in [0.2, 0.25) is 0 Å². The van der Waals surface area contributed by atoms with Gasteiger partial charge in [0.15, 0.2) is 0 Å². The monoisotopic (exact) mass is 240 g/mol. The van der Waals surface area contributed by atoms with Crippen molar-refractivity contribution < 1.29 is 13.2 Å². The number of aliphatic imine (C=N–C) groups is 1. The Morgan fingerprint density at radius 2 is 2.12 bits per heavy atom. The van der Waals surface area contributed by atoms with Crippen molar-refractivity contribution in [1.29, 1.82) is 0 Å². The van der Waals surface area contributed by atoms with Crippen molar-refractivity contribution in [2.45, 2.75) is 11.8 Å². The van der Waals surface area contributed by atoms with E-state index in [9.17, 15) is 8.42 Å². The third kappa shape index (κ3) is 2.16. The molecule has 0 saturated carbocycles. The van der Waals surface area contributed by atoms with Gasteiger partial charge in [0.1, 0.15) is 6.61 Å². The predicted molar refractivity (Wildman–Crippen MR) is 59.8 cm³/mol. The van der Waals surface area contributed by atoms with Gasteiger partial charge in [-0.25, -0.2) is 18.1 Å². The number of sulfonamides is 1. The van der Waals surface area contributed by atoms with E-state index in [1.165, 1.54) is 0 Å². The number of aryl methyl sites for hydroxylation is 1. The zero-order valence-corrected chi connectivity index (χ0v) is 9.62. The molecule has 0 bridgehead atoms. The molecule has 86 valence electrons. The van der Waals surface area contributed by atoms with Gasteiger partial charge in [0.2, 0.25) is 0 Å². The zero-order chi connectivity index (χ0) is 11.6. The number of hydrogen-bond acceptors (Lipinski definition) is 4. The molecule has 5 nitrogen and oxygen atoms in total. The molecule has 0 radical (unpaired) electrons. The van der Waals surface area contributed by atoms with Crippen molar-refractivity contribution in [3.8, 4) is 0 Å². The quantitative estimate of drug-likeness (QED) is 0.825. The smallest absolute Gasteiger partial charge is 0.299 e. The Hall–Kier alpha value is -1.56. The number of rotatable bonds is 2. The third-order valence-corrected chi connectivity index (χ3v) is 3.67. The lowest BCUT2D eigenvalue weighted by Gasteiger charge is -2.09. The van der Waals surface area contributed by atoms with Gasteiger partial charge in [0, 0.05) is 0 Å². The van der Waals surface area contributed by atoms with Gasteiger partial charge in [-0.1, -0.05) is 18.2 Å². The minimum absolute atomic E-state index is 0.0725. The van der Waals surface area contributed by atoms with Crippen LogP contribution in [0.4, 0.5) is 0 Å². The van der Waals surface area contributed by atoms with E-state index in [-0.39, 0.29) is 10.9 Å². The molecule has 1 N–H and O–H groups in total. The molecule has 0 aromatic heterocycles. The molecule has 16 heavy (non-hydrogen) atoms. The topological polar surface area (TPSA) is 67.8 Å². The Morgan fingerprint density at radius 3 is 2.75 bits per heavy atom. The minimum atomic E-state index is -3.58. The highest BCUT2D eigenvalue weighted by Crippen LogP contribution is 2.14. The summed E-state index contributed by atoms with van der Waals surface area (Å²) in [5.74, 6) is 0. The molecule has 0 atom stereocenters. The molecule has 0 saturated heterocycles. The van der Waals surface area contributed by atoms with Gasteiger partial charge in [0.25, 0.3) is 16.0 Å². The fourth-order valence-electron chi connectivity index (χ4n) is 1.42. The van der Waals surface area contributed by atoms with Crippen molar-refractivity contribution in [3.05, 3.63) is 29.8 Å². The van der Waals surface area contributed by atoms with E-state index in [1.807, 2.05) is 0 Å². The number of ether oxygens (including phenoxy) is 1. The second kappa shape index (κ2) is 4.13. The normalized spacial score (nSPS) is 15.4. The van der Waals surface area contributed by atoms with Crippen molar-refractivity contribution in [1.82, 2.24) is 4.72 Å². The van der Waals surface area contributed by atoms with Gasteiger partial charge in [0.05, 0.1) is 11.4 Å². The molecular weight excluding hydrogens is 228 g/mol. The molecule has 0 aliphatic carbocycles. The van der Waals surface area contributed by atoms with E-state index >= 15 is 0 Å². The van der Waals surface area contributed by atoms with Crippen molar-refractivity contribution in [2.75, 3.05) is 13.2 Å². The van der Waals surface area contributed by atoms with Crippen LogP contribution in [-0.2, 0) is 14.8 Å². The SMILES string of the molecule is Cc1ccccc1S(=O)(=O)NC1=NCCO1. The average molecular weight is 240 g/mol. The van der Waals surface area contributed by atoms with Crippen molar-refractivity contribution in [2.24, 2.45) is 4.99 Å². The predicted octanol–water partition coefficient (Wildman–Crippen LogP) is 0.660. The van der Waals surface area contributed by atoms with Gasteiger partial charge in [-0.3, -0.25) is 0 Å². The summed E-state index contributed by atoms with van der Waals surface area (Å²) < 4.78 is 31.2. The van der Waals surface area contributed by atoms with Crippen LogP contribution in [0.5, 0.6) is 0 Å². The van der Waals surface area contributed by atoms with Crippen LogP contribution in [0.1, 0.15) is 5.56 Å². The van der Waals surface area contributed by atoms with Crippen LogP contribution in [-0.4, -0.2) is 27.6 Å². The Balaban J connectivity index is 2.29. The second-order valence-electron chi connectivity index (χ2n) is 3.41. The summed E-state index contributed by atoms with van der Waals surface area (Å²) in [5.41, 5.74) is 0.689. The van der Waals surface area contributed by atoms with E-state index in [2.05, 4.69) is 9.71 Å². The molecule has 0 amide bonds. The summed E-state index contributed by atoms with van der Waals surface area (Å²) >= 11 is 0. The van der Waals surface area contributed by atoms with Gasteiger partial charge >= 0.3 is 0 Å². The van der Waals surface area contributed by atoms with Crippen LogP contribution in [0.15, 0.2) is 34.2 Å². The minimum Gasteiger partial charge on any atom is -0.463 e. The molecular formula is C10H12N2O3S. The number of nitrogens with zero attached hydrogens (tertiary/aromatic N) is 1. The van der Waals surface area contributed by atoms with Gasteiger partial charge in [-0.15, -0.1) is 0 Å². The van der Waals surface area contributed by atoms with E-state index in [1.54, 1.807) is 31.2 Å². The Bertz CT molecular complexity index is 523. The van der Waals surface area contributed by atoms with E-state index in [0.29, 0.717) is 18.7 Å². The first kappa shape index (κ1) is 10.9. The second-order valence-corrected chi connectivity index (χ2v) is 5.06. The van der Waals surface area contributed by atoms with Crippen LogP contribution in [0, 0.1) is 6.92 Å². The summed E-state index contributed by atoms with van der Waals surface area (Å²) in [5, 5.41) is 0. The van der Waals surface area contributed by atoms with Crippen LogP contribution in [0.3, 0.4) is 0 Å². The molecule has 0 fully saturated rings. The van der Waals surface area contributed by atoms with Crippen LogP contribution < -0.4 is 4.72 Å². The molecule has 1 aliphatic rings. The van der Waals surface area contributed by atoms with Gasteiger partial charge in [-0.2, -0.15) is 0 Å². The highest BCUT2D eigenvalue weighted by Gasteiger charge is 2.20. The lowest BCUT2D eigenvalue weighted by Crippen LogP contribution is -2.31. The Morgan fingerprint density at radius 1 is 1.38 bits per heavy atom. The van der Waals surface area contributed by atoms with Crippen LogP contribution >= 0.6 is 0 Å². The van der Waals surface area contributed by atoms with Gasteiger partial charge < -0.3 is 4.74 Å². The maximum atomic E-state index is 11.9. The highest BCUT2D eigenvalue weighted by molar-refractivity contribution is 7.90. The third-order valence-electron chi connectivity index (χ3n) is 2.19. The molecule has 0 unspecified atom stereocenters. The number of benzene rings is 1. The van der Waals surface area contributed by atoms with Crippen molar-refractivity contribution in [3.63, 3.8) is 0 Å². The lowest BCUT2D eigenvalue weighted by molar-refractivity contribution is 0.338. The summed E-state index contributed by atoms with van der Waals surface area (Å²) in [7, 11) is -3.58. The summed E-state index contributed by atoms with van der Waals surface area (Å²) in [4.78, 5) is 4.12. The largest absolute Gasteiger partial charge is 0.463 e. The first-order chi connectivity index (χ1) is 7.59. The Labute approximate surface area is 94.2 Å². The summed E-state index contributed by atoms with van der Waals surface area (Å²) in [6, 6.07) is 6.83. The molecule has 1 aromatic rings. The van der Waals surface area contributed by atoms with E-state index < -0.39 is 10.0 Å². The van der Waals surface area contributed by atoms with E-state index in [4.69, 9.17) is 4.74 Å². The number of hydrogen-bond donors (Lipinski definition) is 1. The zero-order valence-electron chi connectivity index (χ0n) is 8.80. The summed E-state index contributed by atoms with van der Waals surface area (Å²) in [6.07, 6.45) is 0. The molecule has 1 heterocycles. The first-order valence-corrected chi connectivity index (χ1v) is 6.33. The fourth-order valence-corrected chi connectivity index (χ4v) is 2.64. The van der Waals surface area contributed by atoms with Crippen molar-refractivity contribution >= 4 is 16.0 Å². The first-order valence-electron chi connectivity index (χ1n) is 4.85. The van der Waals surface area contributed by atoms with Gasteiger partial charge in [-0.05, 0) is 18.6 Å². The molecule has 1 aliphatic heterocycles. The maximum Gasteiger partial charge on any atom is 0.299 e. The number of nitrogens with one attached hydrogen (secondary N) is 1. The lowest BCUT2D eigenvalue weighted by atomic mass is 10.2. The molecule has 2 rings (SSSR count).